The van der Waals surface area contributed by atoms with E-state index in [2.05, 4.69) is 14.9 Å². The van der Waals surface area contributed by atoms with Crippen molar-refractivity contribution in [3.63, 3.8) is 0 Å². The fourth-order valence-electron chi connectivity index (χ4n) is 1.76. The largest absolute Gasteiger partial charge is 0.389 e. The van der Waals surface area contributed by atoms with Crippen molar-refractivity contribution in [3.05, 3.63) is 48.5 Å². The van der Waals surface area contributed by atoms with Gasteiger partial charge in [-0.1, -0.05) is 24.4 Å². The molecule has 1 heterocycles. The Labute approximate surface area is 112 Å². The molecule has 0 saturated heterocycles. The van der Waals surface area contributed by atoms with Gasteiger partial charge in [0.05, 0.1) is 6.33 Å². The monoisotopic (exact) mass is 260 g/mol. The molecule has 0 spiro atoms. The van der Waals surface area contributed by atoms with Crippen LogP contribution < -0.4 is 11.1 Å². The summed E-state index contributed by atoms with van der Waals surface area (Å²) in [6, 6.07) is 7.83. The van der Waals surface area contributed by atoms with Crippen LogP contribution in [0.15, 0.2) is 43.0 Å². The van der Waals surface area contributed by atoms with Crippen LogP contribution in [0.25, 0.3) is 0 Å². The summed E-state index contributed by atoms with van der Waals surface area (Å²) in [6.45, 7) is 1.82. The molecule has 0 atom stereocenters. The Morgan fingerprint density at radius 2 is 2.22 bits per heavy atom. The minimum atomic E-state index is 0.424. The lowest BCUT2D eigenvalue weighted by molar-refractivity contribution is 0.661. The lowest BCUT2D eigenvalue weighted by Crippen LogP contribution is -2.14. The number of nitrogens with zero attached hydrogens (tertiary/aromatic N) is 2. The Hall–Kier alpha value is -1.88. The SMILES string of the molecule is NC(=S)c1ccccc1NCCCn1ccnc1. The number of benzene rings is 1. The van der Waals surface area contributed by atoms with Crippen LogP contribution in [0.5, 0.6) is 0 Å². The summed E-state index contributed by atoms with van der Waals surface area (Å²) in [5.74, 6) is 0. The van der Waals surface area contributed by atoms with E-state index in [4.69, 9.17) is 18.0 Å². The molecule has 94 valence electrons. The molecule has 18 heavy (non-hydrogen) atoms. The van der Waals surface area contributed by atoms with Crippen LogP contribution in [0.2, 0.25) is 0 Å². The quantitative estimate of drug-likeness (QED) is 0.616. The van der Waals surface area contributed by atoms with Gasteiger partial charge >= 0.3 is 0 Å². The van der Waals surface area contributed by atoms with E-state index < -0.39 is 0 Å². The van der Waals surface area contributed by atoms with E-state index in [1.807, 2.05) is 36.8 Å². The third-order valence-corrected chi connectivity index (χ3v) is 2.88. The second-order valence-corrected chi connectivity index (χ2v) is 4.43. The minimum absolute atomic E-state index is 0.424. The molecule has 2 aromatic rings. The van der Waals surface area contributed by atoms with Crippen molar-refractivity contribution in [1.29, 1.82) is 0 Å². The van der Waals surface area contributed by atoms with E-state index in [9.17, 15) is 0 Å². The first kappa shape index (κ1) is 12.6. The fourth-order valence-corrected chi connectivity index (χ4v) is 1.93. The number of rotatable bonds is 6. The number of hydrogen-bond acceptors (Lipinski definition) is 3. The van der Waals surface area contributed by atoms with Crippen LogP contribution in [-0.2, 0) is 6.54 Å². The molecule has 0 aliphatic carbocycles. The molecule has 1 aromatic carbocycles. The average Bonchev–Trinajstić information content (AvgIpc) is 2.88. The molecule has 5 heteroatoms. The molecule has 3 N–H and O–H groups in total. The number of aromatic nitrogens is 2. The van der Waals surface area contributed by atoms with E-state index >= 15 is 0 Å². The number of nitrogens with two attached hydrogens (primary N) is 1. The third-order valence-electron chi connectivity index (χ3n) is 2.66. The first-order valence-electron chi connectivity index (χ1n) is 5.86. The number of para-hydroxylation sites is 1. The number of nitrogens with one attached hydrogen (secondary N) is 1. The number of imidazole rings is 1. The number of hydrogen-bond donors (Lipinski definition) is 2. The van der Waals surface area contributed by atoms with Crippen LogP contribution in [-0.4, -0.2) is 21.1 Å². The minimum Gasteiger partial charge on any atom is -0.389 e. The zero-order valence-corrected chi connectivity index (χ0v) is 10.9. The Morgan fingerprint density at radius 1 is 1.39 bits per heavy atom. The molecular weight excluding hydrogens is 244 g/mol. The Kier molecular flexibility index (Phi) is 4.30. The Morgan fingerprint density at radius 3 is 2.94 bits per heavy atom. The van der Waals surface area contributed by atoms with Gasteiger partial charge in [-0.2, -0.15) is 0 Å². The maximum atomic E-state index is 5.68. The van der Waals surface area contributed by atoms with Crippen LogP contribution in [0, 0.1) is 0 Å². The first-order chi connectivity index (χ1) is 8.77. The Bertz CT molecular complexity index is 507. The highest BCUT2D eigenvalue weighted by Gasteiger charge is 2.02. The van der Waals surface area contributed by atoms with Gasteiger partial charge in [-0.25, -0.2) is 4.98 Å². The summed E-state index contributed by atoms with van der Waals surface area (Å²) >= 11 is 5.02. The van der Waals surface area contributed by atoms with E-state index in [0.29, 0.717) is 4.99 Å². The predicted molar refractivity (Wildman–Crippen MR) is 77.7 cm³/mol. The molecule has 2 rings (SSSR count). The van der Waals surface area contributed by atoms with Crippen molar-refractivity contribution < 1.29 is 0 Å². The summed E-state index contributed by atoms with van der Waals surface area (Å²) in [7, 11) is 0. The molecule has 0 amide bonds. The van der Waals surface area contributed by atoms with Gasteiger partial charge in [0, 0.05) is 36.7 Å². The van der Waals surface area contributed by atoms with Gasteiger partial charge in [0.15, 0.2) is 0 Å². The number of anilines is 1. The second kappa shape index (κ2) is 6.16. The van der Waals surface area contributed by atoms with Gasteiger partial charge in [0.1, 0.15) is 4.99 Å². The molecule has 4 nitrogen and oxygen atoms in total. The van der Waals surface area contributed by atoms with Crippen molar-refractivity contribution in [2.45, 2.75) is 13.0 Å². The molecule has 0 fully saturated rings. The molecule has 0 radical (unpaired) electrons. The smallest absolute Gasteiger partial charge is 0.106 e. The van der Waals surface area contributed by atoms with Gasteiger partial charge in [-0.05, 0) is 18.6 Å². The lowest BCUT2D eigenvalue weighted by atomic mass is 10.2. The predicted octanol–water partition coefficient (Wildman–Crippen LogP) is 2.02. The Balaban J connectivity index is 1.85. The van der Waals surface area contributed by atoms with E-state index in [1.54, 1.807) is 6.20 Å². The molecule has 0 bridgehead atoms. The highest BCUT2D eigenvalue weighted by molar-refractivity contribution is 7.80. The third kappa shape index (κ3) is 3.30. The lowest BCUT2D eigenvalue weighted by Gasteiger charge is -2.11. The van der Waals surface area contributed by atoms with Gasteiger partial charge in [-0.3, -0.25) is 0 Å². The van der Waals surface area contributed by atoms with Gasteiger partial charge in [0.25, 0.3) is 0 Å². The van der Waals surface area contributed by atoms with E-state index in [-0.39, 0.29) is 0 Å². The van der Waals surface area contributed by atoms with Crippen LogP contribution in [0.3, 0.4) is 0 Å². The maximum Gasteiger partial charge on any atom is 0.106 e. The van der Waals surface area contributed by atoms with Gasteiger partial charge in [-0.15, -0.1) is 0 Å². The second-order valence-electron chi connectivity index (χ2n) is 3.99. The van der Waals surface area contributed by atoms with Crippen molar-refractivity contribution in [2.75, 3.05) is 11.9 Å². The van der Waals surface area contributed by atoms with Gasteiger partial charge in [0.2, 0.25) is 0 Å². The van der Waals surface area contributed by atoms with Crippen LogP contribution >= 0.6 is 12.2 Å². The van der Waals surface area contributed by atoms with Crippen molar-refractivity contribution in [3.8, 4) is 0 Å². The van der Waals surface area contributed by atoms with Crippen molar-refractivity contribution >= 4 is 22.9 Å². The molecule has 0 unspecified atom stereocenters. The average molecular weight is 260 g/mol. The topological polar surface area (TPSA) is 55.9 Å². The highest BCUT2D eigenvalue weighted by atomic mass is 32.1. The fraction of sp³-hybridized carbons (Fsp3) is 0.231. The molecule has 1 aromatic heterocycles. The summed E-state index contributed by atoms with van der Waals surface area (Å²) in [5, 5.41) is 3.36. The highest BCUT2D eigenvalue weighted by Crippen LogP contribution is 2.14. The van der Waals surface area contributed by atoms with Crippen molar-refractivity contribution in [2.24, 2.45) is 5.73 Å². The zero-order chi connectivity index (χ0) is 12.8. The zero-order valence-electron chi connectivity index (χ0n) is 10.0. The standard InChI is InChI=1S/C13H16N4S/c14-13(18)11-4-1-2-5-12(11)16-6-3-8-17-9-7-15-10-17/h1-2,4-5,7,9-10,16H,3,6,8H2,(H2,14,18). The molecule has 0 aliphatic heterocycles. The normalized spacial score (nSPS) is 10.2. The summed E-state index contributed by atoms with van der Waals surface area (Å²) in [4.78, 5) is 4.43. The maximum absolute atomic E-state index is 5.68. The van der Waals surface area contributed by atoms with Crippen LogP contribution in [0.1, 0.15) is 12.0 Å². The first-order valence-corrected chi connectivity index (χ1v) is 6.26. The summed E-state index contributed by atoms with van der Waals surface area (Å²) in [5.41, 5.74) is 7.57. The van der Waals surface area contributed by atoms with E-state index in [0.717, 1.165) is 30.8 Å². The van der Waals surface area contributed by atoms with Gasteiger partial charge < -0.3 is 15.6 Å². The summed E-state index contributed by atoms with van der Waals surface area (Å²) in [6.07, 6.45) is 6.59. The molecule has 0 aliphatic rings. The summed E-state index contributed by atoms with van der Waals surface area (Å²) < 4.78 is 2.06. The van der Waals surface area contributed by atoms with Crippen molar-refractivity contribution in [1.82, 2.24) is 9.55 Å². The van der Waals surface area contributed by atoms with Crippen LogP contribution in [0.4, 0.5) is 5.69 Å². The molecule has 0 saturated carbocycles. The van der Waals surface area contributed by atoms with E-state index in [1.165, 1.54) is 0 Å². The number of aryl methyl sites for hydroxylation is 1. The number of thiocarbonyl (C=S) groups is 1. The molecular formula is C13H16N4S.